The van der Waals surface area contributed by atoms with E-state index >= 15 is 0 Å². The van der Waals surface area contributed by atoms with Crippen LogP contribution in [0.4, 0.5) is 0 Å². The van der Waals surface area contributed by atoms with Crippen molar-refractivity contribution in [2.45, 2.75) is 6.92 Å². The zero-order chi connectivity index (χ0) is 9.71. The molecule has 0 amide bonds. The molecule has 0 fully saturated rings. The number of nitrogens with one attached hydrogen (secondary N) is 1. The number of imidazole rings is 1. The minimum Gasteiger partial charge on any atom is -0.338 e. The fourth-order valence-corrected chi connectivity index (χ4v) is 1.59. The largest absolute Gasteiger partial charge is 0.338 e. The van der Waals surface area contributed by atoms with Gasteiger partial charge in [0.05, 0.1) is 0 Å². The van der Waals surface area contributed by atoms with E-state index in [9.17, 15) is 0 Å². The summed E-state index contributed by atoms with van der Waals surface area (Å²) in [7, 11) is 0. The summed E-state index contributed by atoms with van der Waals surface area (Å²) < 4.78 is 1.55. The van der Waals surface area contributed by atoms with E-state index in [0.29, 0.717) is 22.1 Å². The standard InChI is InChI=1S/C7H5ClN6/c1-3-11-4-5(8)13-7-9-2-10-14(7)6(4)12-3/h2H,1H3,(H,11,12). The van der Waals surface area contributed by atoms with E-state index < -0.39 is 0 Å². The van der Waals surface area contributed by atoms with E-state index in [4.69, 9.17) is 11.6 Å². The molecule has 70 valence electrons. The van der Waals surface area contributed by atoms with Crippen LogP contribution in [0.5, 0.6) is 0 Å². The molecule has 0 atom stereocenters. The average Bonchev–Trinajstić information content (AvgIpc) is 2.69. The summed E-state index contributed by atoms with van der Waals surface area (Å²) in [5, 5.41) is 4.37. The number of hydrogen-bond acceptors (Lipinski definition) is 4. The monoisotopic (exact) mass is 208 g/mol. The molecule has 1 N–H and O–H groups in total. The second-order valence-electron chi connectivity index (χ2n) is 2.90. The lowest BCUT2D eigenvalue weighted by molar-refractivity contribution is 0.965. The number of aryl methyl sites for hydroxylation is 1. The van der Waals surface area contributed by atoms with Gasteiger partial charge in [0.25, 0.3) is 5.78 Å². The second kappa shape index (κ2) is 2.42. The Kier molecular flexibility index (Phi) is 1.33. The minimum absolute atomic E-state index is 0.362. The summed E-state index contributed by atoms with van der Waals surface area (Å²) in [6.45, 7) is 1.85. The Morgan fingerprint density at radius 2 is 2.29 bits per heavy atom. The summed E-state index contributed by atoms with van der Waals surface area (Å²) in [6, 6.07) is 0. The van der Waals surface area contributed by atoms with Gasteiger partial charge < -0.3 is 4.98 Å². The Bertz CT molecular complexity index is 623. The highest BCUT2D eigenvalue weighted by atomic mass is 35.5. The molecule has 3 aromatic heterocycles. The van der Waals surface area contributed by atoms with Crippen molar-refractivity contribution in [3.05, 3.63) is 17.3 Å². The highest BCUT2D eigenvalue weighted by Gasteiger charge is 2.11. The van der Waals surface area contributed by atoms with Crippen LogP contribution >= 0.6 is 11.6 Å². The third-order valence-electron chi connectivity index (χ3n) is 1.94. The molecule has 0 aliphatic carbocycles. The first-order valence-corrected chi connectivity index (χ1v) is 4.35. The highest BCUT2D eigenvalue weighted by molar-refractivity contribution is 6.33. The molecule has 3 aromatic rings. The molecule has 0 saturated carbocycles. The zero-order valence-electron chi connectivity index (χ0n) is 7.19. The molecule has 0 aliphatic heterocycles. The molecule has 3 rings (SSSR count). The molecule has 0 aromatic carbocycles. The van der Waals surface area contributed by atoms with Crippen LogP contribution < -0.4 is 0 Å². The lowest BCUT2D eigenvalue weighted by Gasteiger charge is -1.93. The fourth-order valence-electron chi connectivity index (χ4n) is 1.38. The molecule has 0 saturated heterocycles. The van der Waals surface area contributed by atoms with Gasteiger partial charge in [-0.2, -0.15) is 19.6 Å². The van der Waals surface area contributed by atoms with Crippen LogP contribution in [0.1, 0.15) is 5.82 Å². The Labute approximate surface area is 83.0 Å². The van der Waals surface area contributed by atoms with Crippen molar-refractivity contribution in [1.82, 2.24) is 29.5 Å². The molecule has 0 spiro atoms. The van der Waals surface area contributed by atoms with E-state index in [2.05, 4.69) is 25.0 Å². The number of aromatic nitrogens is 6. The zero-order valence-corrected chi connectivity index (χ0v) is 7.95. The van der Waals surface area contributed by atoms with Crippen LogP contribution in [-0.2, 0) is 0 Å². The maximum atomic E-state index is 5.94. The predicted octanol–water partition coefficient (Wildman–Crippen LogP) is 0.962. The van der Waals surface area contributed by atoms with Crippen molar-refractivity contribution in [1.29, 1.82) is 0 Å². The Balaban J connectivity index is 2.65. The first-order valence-electron chi connectivity index (χ1n) is 3.97. The Morgan fingerprint density at radius 1 is 1.43 bits per heavy atom. The Morgan fingerprint density at radius 3 is 3.14 bits per heavy atom. The Hall–Kier alpha value is -1.69. The number of H-pyrrole nitrogens is 1. The summed E-state index contributed by atoms with van der Waals surface area (Å²) in [5.41, 5.74) is 1.33. The first-order chi connectivity index (χ1) is 6.75. The van der Waals surface area contributed by atoms with Crippen molar-refractivity contribution in [2.24, 2.45) is 0 Å². The number of halogens is 1. The molecule has 0 bridgehead atoms. The van der Waals surface area contributed by atoms with Gasteiger partial charge in [0, 0.05) is 0 Å². The third-order valence-corrected chi connectivity index (χ3v) is 2.21. The number of hydrogen-bond donors (Lipinski definition) is 1. The van der Waals surface area contributed by atoms with E-state index in [-0.39, 0.29) is 0 Å². The number of nitrogens with zero attached hydrogens (tertiary/aromatic N) is 5. The van der Waals surface area contributed by atoms with E-state index in [1.165, 1.54) is 6.33 Å². The van der Waals surface area contributed by atoms with Gasteiger partial charge in [-0.15, -0.1) is 0 Å². The summed E-state index contributed by atoms with van der Waals surface area (Å²) in [6.07, 6.45) is 1.42. The van der Waals surface area contributed by atoms with Crippen LogP contribution in [0.15, 0.2) is 6.33 Å². The molecule has 0 radical (unpaired) electrons. The lowest BCUT2D eigenvalue weighted by Crippen LogP contribution is -1.93. The molecule has 3 heterocycles. The van der Waals surface area contributed by atoms with Gasteiger partial charge in [-0.3, -0.25) is 0 Å². The van der Waals surface area contributed by atoms with Crippen molar-refractivity contribution < 1.29 is 0 Å². The van der Waals surface area contributed by atoms with Crippen molar-refractivity contribution in [3.63, 3.8) is 0 Å². The summed E-state index contributed by atoms with van der Waals surface area (Å²) in [5.74, 6) is 1.22. The lowest BCUT2D eigenvalue weighted by atomic mass is 10.5. The molecular formula is C7H5ClN6. The molecule has 7 heteroatoms. The van der Waals surface area contributed by atoms with Gasteiger partial charge in [0.15, 0.2) is 10.8 Å². The van der Waals surface area contributed by atoms with Gasteiger partial charge in [-0.25, -0.2) is 4.98 Å². The maximum absolute atomic E-state index is 5.94. The SMILES string of the molecule is Cc1nc2c([nH]1)c(Cl)nc1ncnn12. The van der Waals surface area contributed by atoms with Crippen molar-refractivity contribution >= 4 is 28.5 Å². The van der Waals surface area contributed by atoms with Crippen LogP contribution in [0, 0.1) is 6.92 Å². The first kappa shape index (κ1) is 7.69. The van der Waals surface area contributed by atoms with Gasteiger partial charge >= 0.3 is 0 Å². The van der Waals surface area contributed by atoms with Gasteiger partial charge in [0.2, 0.25) is 0 Å². The van der Waals surface area contributed by atoms with E-state index in [1.807, 2.05) is 6.92 Å². The van der Waals surface area contributed by atoms with Gasteiger partial charge in [-0.1, -0.05) is 11.6 Å². The minimum atomic E-state index is 0.362. The topological polar surface area (TPSA) is 71.8 Å². The number of fused-ring (bicyclic) bond motifs is 3. The van der Waals surface area contributed by atoms with Crippen molar-refractivity contribution in [2.75, 3.05) is 0 Å². The summed E-state index contributed by atoms with van der Waals surface area (Å²) >= 11 is 5.94. The second-order valence-corrected chi connectivity index (χ2v) is 3.25. The van der Waals surface area contributed by atoms with Crippen LogP contribution in [0.3, 0.4) is 0 Å². The molecule has 0 unspecified atom stereocenters. The average molecular weight is 209 g/mol. The highest BCUT2D eigenvalue weighted by Crippen LogP contribution is 2.19. The maximum Gasteiger partial charge on any atom is 0.255 e. The van der Waals surface area contributed by atoms with Crippen molar-refractivity contribution in [3.8, 4) is 0 Å². The molecule has 6 nitrogen and oxygen atoms in total. The molecule has 14 heavy (non-hydrogen) atoms. The molecule has 0 aliphatic rings. The van der Waals surface area contributed by atoms with Gasteiger partial charge in [-0.05, 0) is 6.92 Å². The van der Waals surface area contributed by atoms with Crippen LogP contribution in [0.2, 0.25) is 5.15 Å². The quantitative estimate of drug-likeness (QED) is 0.559. The number of rotatable bonds is 0. The van der Waals surface area contributed by atoms with E-state index in [1.54, 1.807) is 4.52 Å². The van der Waals surface area contributed by atoms with Crippen LogP contribution in [0.25, 0.3) is 16.9 Å². The third kappa shape index (κ3) is 0.856. The van der Waals surface area contributed by atoms with E-state index in [0.717, 1.165) is 5.82 Å². The molecular weight excluding hydrogens is 204 g/mol. The van der Waals surface area contributed by atoms with Gasteiger partial charge in [0.1, 0.15) is 17.7 Å². The fraction of sp³-hybridized carbons (Fsp3) is 0.143. The smallest absolute Gasteiger partial charge is 0.255 e. The summed E-state index contributed by atoms with van der Waals surface area (Å²) in [4.78, 5) is 15.3. The van der Waals surface area contributed by atoms with Crippen LogP contribution in [-0.4, -0.2) is 29.5 Å². The number of aromatic amines is 1. The normalized spacial score (nSPS) is 11.6. The predicted molar refractivity (Wildman–Crippen MR) is 50.2 cm³/mol.